The van der Waals surface area contributed by atoms with E-state index in [2.05, 4.69) is 137 Å². The average molecular weight is 611 g/mol. The molecule has 0 amide bonds. The van der Waals surface area contributed by atoms with Crippen LogP contribution in [-0.4, -0.2) is 9.13 Å². The van der Waals surface area contributed by atoms with Crippen molar-refractivity contribution in [3.8, 4) is 45.8 Å². The van der Waals surface area contributed by atoms with Gasteiger partial charge in [-0.2, -0.15) is 10.5 Å². The van der Waals surface area contributed by atoms with Gasteiger partial charge in [0, 0.05) is 32.8 Å². The van der Waals surface area contributed by atoms with Gasteiger partial charge in [0.15, 0.2) is 0 Å². The Morgan fingerprint density at radius 1 is 0.417 bits per heavy atom. The van der Waals surface area contributed by atoms with E-state index in [1.165, 1.54) is 21.8 Å². The van der Waals surface area contributed by atoms with Gasteiger partial charge in [-0.05, 0) is 71.3 Å². The maximum absolute atomic E-state index is 10.1. The van der Waals surface area contributed by atoms with Crippen LogP contribution >= 0.6 is 0 Å². The van der Waals surface area contributed by atoms with Crippen molar-refractivity contribution in [2.24, 2.45) is 0 Å². The Labute approximate surface area is 277 Å². The molecule has 0 unspecified atom stereocenters. The third-order valence-electron chi connectivity index (χ3n) is 9.38. The van der Waals surface area contributed by atoms with Crippen molar-refractivity contribution in [1.82, 2.24) is 9.13 Å². The second-order valence-electron chi connectivity index (χ2n) is 12.0. The molecule has 0 saturated carbocycles. The van der Waals surface area contributed by atoms with Gasteiger partial charge in [-0.3, -0.25) is 0 Å². The Kier molecular flexibility index (Phi) is 6.22. The molecule has 2 heterocycles. The van der Waals surface area contributed by atoms with E-state index in [1.807, 2.05) is 42.5 Å². The number of nitrogens with zero attached hydrogens (tertiary/aromatic N) is 4. The van der Waals surface area contributed by atoms with Crippen LogP contribution in [0.1, 0.15) is 11.1 Å². The summed E-state index contributed by atoms with van der Waals surface area (Å²) in [5.74, 6) is 0. The first kappa shape index (κ1) is 27.4. The SMILES string of the molecule is N#Cc1cc(-c2ccc(-c3ccccc3-n3c4ccccc4c4ccccc43)cc2)cc(-n2c3ccccc3c3c(C#N)cccc32)c1. The first-order valence-electron chi connectivity index (χ1n) is 15.9. The highest BCUT2D eigenvalue weighted by atomic mass is 15.0. The first-order valence-corrected chi connectivity index (χ1v) is 15.9. The van der Waals surface area contributed by atoms with Crippen LogP contribution in [0.4, 0.5) is 0 Å². The number of fused-ring (bicyclic) bond motifs is 6. The summed E-state index contributed by atoms with van der Waals surface area (Å²) in [6.45, 7) is 0. The van der Waals surface area contributed by atoms with Crippen molar-refractivity contribution in [2.75, 3.05) is 0 Å². The third-order valence-corrected chi connectivity index (χ3v) is 9.38. The number of para-hydroxylation sites is 4. The highest BCUT2D eigenvalue weighted by molar-refractivity contribution is 6.12. The zero-order valence-corrected chi connectivity index (χ0v) is 25.8. The van der Waals surface area contributed by atoms with E-state index in [-0.39, 0.29) is 0 Å². The van der Waals surface area contributed by atoms with Crippen molar-refractivity contribution in [3.05, 3.63) is 169 Å². The molecule has 4 heteroatoms. The van der Waals surface area contributed by atoms with Gasteiger partial charge in [0.2, 0.25) is 0 Å². The van der Waals surface area contributed by atoms with E-state index in [1.54, 1.807) is 0 Å². The smallest absolute Gasteiger partial charge is 0.0998 e. The van der Waals surface area contributed by atoms with Gasteiger partial charge in [0.05, 0.1) is 51.0 Å². The van der Waals surface area contributed by atoms with Gasteiger partial charge in [0.25, 0.3) is 0 Å². The lowest BCUT2D eigenvalue weighted by Gasteiger charge is -2.15. The zero-order chi connectivity index (χ0) is 32.2. The van der Waals surface area contributed by atoms with Crippen LogP contribution in [0.15, 0.2) is 158 Å². The van der Waals surface area contributed by atoms with Crippen molar-refractivity contribution in [1.29, 1.82) is 10.5 Å². The Bertz CT molecular complexity index is 2750. The molecule has 9 aromatic rings. The van der Waals surface area contributed by atoms with Gasteiger partial charge in [-0.1, -0.05) is 103 Å². The lowest BCUT2D eigenvalue weighted by Crippen LogP contribution is -1.97. The van der Waals surface area contributed by atoms with E-state index in [0.717, 1.165) is 55.4 Å². The zero-order valence-electron chi connectivity index (χ0n) is 25.8. The van der Waals surface area contributed by atoms with E-state index >= 15 is 0 Å². The van der Waals surface area contributed by atoms with Crippen molar-refractivity contribution in [2.45, 2.75) is 0 Å². The lowest BCUT2D eigenvalue weighted by molar-refractivity contribution is 1.18. The van der Waals surface area contributed by atoms with Crippen LogP contribution in [0.3, 0.4) is 0 Å². The summed E-state index contributed by atoms with van der Waals surface area (Å²) in [6.07, 6.45) is 0. The number of aromatic nitrogens is 2. The minimum absolute atomic E-state index is 0.575. The van der Waals surface area contributed by atoms with Crippen LogP contribution in [0.2, 0.25) is 0 Å². The average Bonchev–Trinajstić information content (AvgIpc) is 3.68. The molecule has 4 nitrogen and oxygen atoms in total. The normalized spacial score (nSPS) is 11.3. The molecule has 0 aliphatic carbocycles. The van der Waals surface area contributed by atoms with Crippen molar-refractivity contribution < 1.29 is 0 Å². The monoisotopic (exact) mass is 610 g/mol. The minimum atomic E-state index is 0.575. The fraction of sp³-hybridized carbons (Fsp3) is 0. The fourth-order valence-corrected chi connectivity index (χ4v) is 7.30. The van der Waals surface area contributed by atoms with Crippen molar-refractivity contribution in [3.63, 3.8) is 0 Å². The Hall–Kier alpha value is -6.88. The molecule has 0 spiro atoms. The lowest BCUT2D eigenvalue weighted by atomic mass is 9.97. The predicted molar refractivity (Wildman–Crippen MR) is 195 cm³/mol. The molecule has 0 atom stereocenters. The van der Waals surface area contributed by atoms with Gasteiger partial charge in [-0.25, -0.2) is 0 Å². The molecule has 0 bridgehead atoms. The number of hydrogen-bond acceptors (Lipinski definition) is 2. The van der Waals surface area contributed by atoms with Gasteiger partial charge in [0.1, 0.15) is 0 Å². The van der Waals surface area contributed by atoms with Gasteiger partial charge < -0.3 is 9.13 Å². The number of nitriles is 2. The Morgan fingerprint density at radius 2 is 1.00 bits per heavy atom. The largest absolute Gasteiger partial charge is 0.309 e. The molecule has 0 fully saturated rings. The molecule has 7 aromatic carbocycles. The third kappa shape index (κ3) is 4.14. The summed E-state index contributed by atoms with van der Waals surface area (Å²) < 4.78 is 4.52. The summed E-state index contributed by atoms with van der Waals surface area (Å²) in [7, 11) is 0. The van der Waals surface area contributed by atoms with Gasteiger partial charge >= 0.3 is 0 Å². The fourth-order valence-electron chi connectivity index (χ4n) is 7.30. The van der Waals surface area contributed by atoms with Gasteiger partial charge in [-0.15, -0.1) is 0 Å². The molecule has 0 aliphatic rings. The standard InChI is InChI=1S/C44H26N4/c45-27-29-24-33(26-34(25-29)47-42-18-8-4-14-38(42)44-32(28-46)10-9-19-43(44)47)30-20-22-31(23-21-30)35-11-1-5-15-39(35)48-40-16-6-2-12-36(40)37-13-3-7-17-41(37)48/h1-26H. The molecule has 0 N–H and O–H groups in total. The second kappa shape index (κ2) is 10.9. The molecule has 0 saturated heterocycles. The maximum atomic E-state index is 10.1. The number of rotatable bonds is 4. The predicted octanol–water partition coefficient (Wildman–Crippen LogP) is 11.0. The number of hydrogen-bond donors (Lipinski definition) is 0. The molecule has 2 aromatic heterocycles. The van der Waals surface area contributed by atoms with Crippen LogP contribution in [-0.2, 0) is 0 Å². The first-order chi connectivity index (χ1) is 23.7. The van der Waals surface area contributed by atoms with E-state index in [0.29, 0.717) is 11.1 Å². The summed E-state index contributed by atoms with van der Waals surface area (Å²) >= 11 is 0. The maximum Gasteiger partial charge on any atom is 0.0998 e. The molecule has 0 aliphatic heterocycles. The summed E-state index contributed by atoms with van der Waals surface area (Å²) in [6, 6.07) is 59.0. The molecule has 222 valence electrons. The summed E-state index contributed by atoms with van der Waals surface area (Å²) in [4.78, 5) is 0. The van der Waals surface area contributed by atoms with Crippen molar-refractivity contribution >= 4 is 43.6 Å². The number of benzene rings is 7. The molecular weight excluding hydrogens is 585 g/mol. The van der Waals surface area contributed by atoms with E-state index < -0.39 is 0 Å². The Morgan fingerprint density at radius 3 is 1.69 bits per heavy atom. The van der Waals surface area contributed by atoms with Crippen LogP contribution in [0.25, 0.3) is 77.2 Å². The summed E-state index contributed by atoms with van der Waals surface area (Å²) in [5.41, 5.74) is 11.7. The molecule has 9 rings (SSSR count). The van der Waals surface area contributed by atoms with Crippen LogP contribution in [0, 0.1) is 22.7 Å². The van der Waals surface area contributed by atoms with Crippen LogP contribution in [0.5, 0.6) is 0 Å². The topological polar surface area (TPSA) is 57.4 Å². The Balaban J connectivity index is 1.18. The highest BCUT2D eigenvalue weighted by Gasteiger charge is 2.17. The highest BCUT2D eigenvalue weighted by Crippen LogP contribution is 2.38. The minimum Gasteiger partial charge on any atom is -0.309 e. The molecular formula is C44H26N4. The van der Waals surface area contributed by atoms with Crippen LogP contribution < -0.4 is 0 Å². The summed E-state index contributed by atoms with van der Waals surface area (Å²) in [5, 5.41) is 24.4. The van der Waals surface area contributed by atoms with E-state index in [4.69, 9.17) is 0 Å². The second-order valence-corrected chi connectivity index (χ2v) is 12.0. The molecule has 0 radical (unpaired) electrons. The quantitative estimate of drug-likeness (QED) is 0.199. The van der Waals surface area contributed by atoms with E-state index in [9.17, 15) is 10.5 Å². The molecule has 48 heavy (non-hydrogen) atoms.